The molecule has 3 amide bonds. The van der Waals surface area contributed by atoms with E-state index in [9.17, 15) is 14.4 Å². The summed E-state index contributed by atoms with van der Waals surface area (Å²) in [7, 11) is 0. The van der Waals surface area contributed by atoms with Gasteiger partial charge in [-0.05, 0) is 40.1 Å². The molecule has 6 nitrogen and oxygen atoms in total. The first kappa shape index (κ1) is 17.9. The first-order valence-electron chi connectivity index (χ1n) is 10.3. The maximum absolute atomic E-state index is 13.7. The Morgan fingerprint density at radius 1 is 0.839 bits per heavy atom. The van der Waals surface area contributed by atoms with E-state index in [1.807, 2.05) is 66.7 Å². The summed E-state index contributed by atoms with van der Waals surface area (Å²) < 4.78 is 0. The largest absolute Gasteiger partial charge is 0.368 e. The number of hydrogen-bond donors (Lipinski definition) is 1. The average Bonchev–Trinajstić information content (AvgIpc) is 3.26. The van der Waals surface area contributed by atoms with Crippen molar-refractivity contribution >= 4 is 40.3 Å². The summed E-state index contributed by atoms with van der Waals surface area (Å²) >= 11 is 0. The molecule has 2 fully saturated rings. The summed E-state index contributed by atoms with van der Waals surface area (Å²) in [5.74, 6) is -2.72. The zero-order valence-corrected chi connectivity index (χ0v) is 16.5. The molecule has 0 bridgehead atoms. The van der Waals surface area contributed by atoms with Crippen LogP contribution in [0.2, 0.25) is 0 Å². The molecule has 6 heteroatoms. The molecule has 0 radical (unpaired) electrons. The molecule has 0 spiro atoms. The molecule has 4 atom stereocenters. The number of nitrogens with two attached hydrogens (primary N) is 1. The Balaban J connectivity index is 1.49. The van der Waals surface area contributed by atoms with Gasteiger partial charge in [0.25, 0.3) is 0 Å². The van der Waals surface area contributed by atoms with Gasteiger partial charge < -0.3 is 10.6 Å². The molecular formula is C25H19N3O3. The molecule has 3 aliphatic rings. The highest BCUT2D eigenvalue weighted by atomic mass is 16.2. The number of primary amides is 1. The maximum atomic E-state index is 13.7. The highest BCUT2D eigenvalue weighted by Gasteiger charge is 2.64. The van der Waals surface area contributed by atoms with Crippen LogP contribution in [0.5, 0.6) is 0 Å². The SMILES string of the molecule is NC(=O)[C@@H]1[C@@H]2C(=O)N(c3ccc4ccccc4c3)C(=O)[C@H]2[C@@H]2c3ccccc3C=CN12. The van der Waals surface area contributed by atoms with E-state index in [0.29, 0.717) is 5.69 Å². The van der Waals surface area contributed by atoms with Crippen LogP contribution in [0.3, 0.4) is 0 Å². The van der Waals surface area contributed by atoms with Gasteiger partial charge in [0.05, 0.1) is 23.6 Å². The molecule has 6 rings (SSSR count). The lowest BCUT2D eigenvalue weighted by molar-refractivity contribution is -0.129. The Bertz CT molecular complexity index is 1310. The van der Waals surface area contributed by atoms with E-state index in [1.54, 1.807) is 17.2 Å². The Morgan fingerprint density at radius 3 is 2.35 bits per heavy atom. The molecule has 0 unspecified atom stereocenters. The number of hydrogen-bond acceptors (Lipinski definition) is 4. The first-order valence-corrected chi connectivity index (χ1v) is 10.3. The number of carbonyl (C=O) groups is 3. The zero-order chi connectivity index (χ0) is 21.3. The van der Waals surface area contributed by atoms with Gasteiger partial charge in [-0.3, -0.25) is 14.4 Å². The van der Waals surface area contributed by atoms with Gasteiger partial charge in [-0.15, -0.1) is 0 Å². The zero-order valence-electron chi connectivity index (χ0n) is 16.5. The van der Waals surface area contributed by atoms with E-state index in [-0.39, 0.29) is 11.8 Å². The molecule has 3 heterocycles. The van der Waals surface area contributed by atoms with Gasteiger partial charge in [0.2, 0.25) is 17.7 Å². The van der Waals surface area contributed by atoms with Crippen LogP contribution in [0.25, 0.3) is 16.8 Å². The summed E-state index contributed by atoms with van der Waals surface area (Å²) in [5, 5.41) is 1.97. The van der Waals surface area contributed by atoms with Gasteiger partial charge >= 0.3 is 0 Å². The fraction of sp³-hybridized carbons (Fsp3) is 0.160. The van der Waals surface area contributed by atoms with Gasteiger partial charge in [-0.25, -0.2) is 4.90 Å². The number of anilines is 1. The van der Waals surface area contributed by atoms with E-state index in [4.69, 9.17) is 5.73 Å². The van der Waals surface area contributed by atoms with E-state index in [2.05, 4.69) is 0 Å². The molecule has 0 saturated carbocycles. The quantitative estimate of drug-likeness (QED) is 0.660. The Morgan fingerprint density at radius 2 is 1.55 bits per heavy atom. The van der Waals surface area contributed by atoms with Crippen LogP contribution in [0.4, 0.5) is 5.69 Å². The van der Waals surface area contributed by atoms with Crippen molar-refractivity contribution < 1.29 is 14.4 Å². The lowest BCUT2D eigenvalue weighted by Gasteiger charge is -2.34. The third-order valence-electron chi connectivity index (χ3n) is 6.74. The number of carbonyl (C=O) groups excluding carboxylic acids is 3. The highest BCUT2D eigenvalue weighted by Crippen LogP contribution is 2.53. The van der Waals surface area contributed by atoms with Crippen LogP contribution in [-0.2, 0) is 14.4 Å². The maximum Gasteiger partial charge on any atom is 0.240 e. The van der Waals surface area contributed by atoms with Crippen LogP contribution in [0.1, 0.15) is 17.2 Å². The van der Waals surface area contributed by atoms with Crippen LogP contribution in [0, 0.1) is 11.8 Å². The van der Waals surface area contributed by atoms with Gasteiger partial charge in [-0.2, -0.15) is 0 Å². The second-order valence-electron chi connectivity index (χ2n) is 8.28. The number of benzene rings is 3. The van der Waals surface area contributed by atoms with E-state index >= 15 is 0 Å². The Kier molecular flexibility index (Phi) is 3.63. The smallest absolute Gasteiger partial charge is 0.240 e. The van der Waals surface area contributed by atoms with Crippen molar-refractivity contribution in [1.29, 1.82) is 0 Å². The van der Waals surface area contributed by atoms with Crippen LogP contribution >= 0.6 is 0 Å². The third-order valence-corrected chi connectivity index (χ3v) is 6.74. The van der Waals surface area contributed by atoms with Gasteiger partial charge in [0, 0.05) is 6.20 Å². The summed E-state index contributed by atoms with van der Waals surface area (Å²) in [6.45, 7) is 0. The van der Waals surface area contributed by atoms with Gasteiger partial charge in [0.1, 0.15) is 6.04 Å². The fourth-order valence-corrected chi connectivity index (χ4v) is 5.45. The van der Waals surface area contributed by atoms with Crippen molar-refractivity contribution in [3.63, 3.8) is 0 Å². The molecule has 0 aromatic heterocycles. The van der Waals surface area contributed by atoms with Crippen molar-refractivity contribution in [2.24, 2.45) is 17.6 Å². The minimum Gasteiger partial charge on any atom is -0.368 e. The summed E-state index contributed by atoms with van der Waals surface area (Å²) in [5.41, 5.74) is 8.19. The van der Waals surface area contributed by atoms with Gasteiger partial charge in [0.15, 0.2) is 0 Å². The third kappa shape index (κ3) is 2.36. The fourth-order valence-electron chi connectivity index (χ4n) is 5.45. The second-order valence-corrected chi connectivity index (χ2v) is 8.28. The highest BCUT2D eigenvalue weighted by molar-refractivity contribution is 6.24. The van der Waals surface area contributed by atoms with Crippen molar-refractivity contribution in [2.75, 3.05) is 4.90 Å². The molecule has 152 valence electrons. The lowest BCUT2D eigenvalue weighted by atomic mass is 9.84. The van der Waals surface area contributed by atoms with E-state index in [1.165, 1.54) is 4.90 Å². The van der Waals surface area contributed by atoms with Crippen LogP contribution in [0.15, 0.2) is 72.9 Å². The molecule has 3 aromatic rings. The van der Waals surface area contributed by atoms with E-state index in [0.717, 1.165) is 21.9 Å². The molecule has 2 saturated heterocycles. The normalized spacial score (nSPS) is 26.2. The van der Waals surface area contributed by atoms with Crippen LogP contribution < -0.4 is 10.6 Å². The number of rotatable bonds is 2. The molecular weight excluding hydrogens is 390 g/mol. The summed E-state index contributed by atoms with van der Waals surface area (Å²) in [4.78, 5) is 42.7. The van der Waals surface area contributed by atoms with Crippen molar-refractivity contribution in [3.8, 4) is 0 Å². The number of fused-ring (bicyclic) bond motifs is 6. The number of imide groups is 1. The molecule has 3 aliphatic heterocycles. The average molecular weight is 409 g/mol. The molecule has 0 aliphatic carbocycles. The molecule has 31 heavy (non-hydrogen) atoms. The monoisotopic (exact) mass is 409 g/mol. The predicted molar refractivity (Wildman–Crippen MR) is 116 cm³/mol. The molecule has 2 N–H and O–H groups in total. The number of nitrogens with zero attached hydrogens (tertiary/aromatic N) is 2. The standard InChI is InChI=1S/C25H19N3O3/c26-23(29)22-20-19(21-18-8-4-3-6-15(18)11-12-27(21)22)24(30)28(25(20)31)17-10-9-14-5-1-2-7-16(14)13-17/h1-13,19-22H,(H2,26,29)/t19-,20-,21+,22+/m1/s1. The second kappa shape index (κ2) is 6.28. The topological polar surface area (TPSA) is 83.7 Å². The minimum atomic E-state index is -0.860. The lowest BCUT2D eigenvalue weighted by Crippen LogP contribution is -2.46. The van der Waals surface area contributed by atoms with Crippen molar-refractivity contribution in [2.45, 2.75) is 12.1 Å². The van der Waals surface area contributed by atoms with Crippen LogP contribution in [-0.4, -0.2) is 28.7 Å². The van der Waals surface area contributed by atoms with Crippen molar-refractivity contribution in [1.82, 2.24) is 4.90 Å². The Hall–Kier alpha value is -3.93. The Labute approximate surface area is 178 Å². The predicted octanol–water partition coefficient (Wildman–Crippen LogP) is 2.84. The number of amides is 3. The van der Waals surface area contributed by atoms with E-state index < -0.39 is 29.8 Å². The first-order chi connectivity index (χ1) is 15.1. The minimum absolute atomic E-state index is 0.283. The summed E-state index contributed by atoms with van der Waals surface area (Å²) in [6.07, 6.45) is 3.69. The van der Waals surface area contributed by atoms with Crippen molar-refractivity contribution in [3.05, 3.63) is 84.1 Å². The van der Waals surface area contributed by atoms with Gasteiger partial charge in [-0.1, -0.05) is 54.6 Å². The molecule has 3 aromatic carbocycles. The summed E-state index contributed by atoms with van der Waals surface area (Å²) in [6, 6.07) is 19.8.